The van der Waals surface area contributed by atoms with E-state index in [2.05, 4.69) is 23.2 Å². The Morgan fingerprint density at radius 2 is 2.16 bits per heavy atom. The van der Waals surface area contributed by atoms with Crippen LogP contribution < -0.4 is 0 Å². The molecule has 0 fully saturated rings. The van der Waals surface area contributed by atoms with E-state index < -0.39 is 0 Å². The monoisotopic (exact) mass is 277 g/mol. The number of nitrogens with one attached hydrogen (secondary N) is 1. The first-order valence-corrected chi connectivity index (χ1v) is 7.64. The topological polar surface area (TPSA) is 42.1 Å². The zero-order valence-corrected chi connectivity index (χ0v) is 12.0. The fourth-order valence-corrected chi connectivity index (χ4v) is 2.87. The molecular weight excluding hydrogens is 258 g/mol. The number of aromatic nitrogens is 1. The van der Waals surface area contributed by atoms with Crippen molar-refractivity contribution in [3.8, 4) is 0 Å². The van der Waals surface area contributed by atoms with Crippen LogP contribution in [0.2, 0.25) is 0 Å². The van der Waals surface area contributed by atoms with E-state index in [9.17, 15) is 4.79 Å². The highest BCUT2D eigenvalue weighted by Gasteiger charge is 2.03. The second kappa shape index (κ2) is 7.24. The van der Waals surface area contributed by atoms with Gasteiger partial charge in [0.15, 0.2) is 0 Å². The summed E-state index contributed by atoms with van der Waals surface area (Å²) in [6.07, 6.45) is 2.45. The SMILES string of the molecule is CCOC(=O)CCCCSc1cc2ccccc2[nH]1. The first kappa shape index (κ1) is 14.0. The minimum atomic E-state index is -0.0851. The van der Waals surface area contributed by atoms with E-state index in [1.807, 2.05) is 19.1 Å². The van der Waals surface area contributed by atoms with Crippen LogP contribution in [-0.4, -0.2) is 23.3 Å². The Bertz CT molecular complexity index is 503. The molecule has 1 N–H and O–H groups in total. The molecule has 1 heterocycles. The largest absolute Gasteiger partial charge is 0.466 e. The number of aromatic amines is 1. The summed E-state index contributed by atoms with van der Waals surface area (Å²) in [4.78, 5) is 14.5. The average molecular weight is 277 g/mol. The molecule has 0 aliphatic heterocycles. The van der Waals surface area contributed by atoms with Crippen molar-refractivity contribution in [3.05, 3.63) is 30.3 Å². The average Bonchev–Trinajstić information content (AvgIpc) is 2.81. The second-order valence-corrected chi connectivity index (χ2v) is 5.47. The maximum absolute atomic E-state index is 11.2. The number of H-pyrrole nitrogens is 1. The van der Waals surface area contributed by atoms with Crippen LogP contribution in [0.25, 0.3) is 10.9 Å². The van der Waals surface area contributed by atoms with Crippen LogP contribution in [0.4, 0.5) is 0 Å². The highest BCUT2D eigenvalue weighted by atomic mass is 32.2. The van der Waals surface area contributed by atoms with Gasteiger partial charge in [-0.05, 0) is 37.7 Å². The summed E-state index contributed by atoms with van der Waals surface area (Å²) in [5.74, 6) is 0.935. The lowest BCUT2D eigenvalue weighted by Crippen LogP contribution is -2.03. The molecule has 3 nitrogen and oxygen atoms in total. The Kier molecular flexibility index (Phi) is 5.33. The number of hydrogen-bond acceptors (Lipinski definition) is 3. The van der Waals surface area contributed by atoms with Gasteiger partial charge in [0.05, 0.1) is 11.6 Å². The molecule has 1 aromatic heterocycles. The standard InChI is InChI=1S/C15H19NO2S/c1-2-18-15(17)9-5-6-10-19-14-11-12-7-3-4-8-13(12)16-14/h3-4,7-8,11,16H,2,5-6,9-10H2,1H3. The smallest absolute Gasteiger partial charge is 0.305 e. The van der Waals surface area contributed by atoms with Gasteiger partial charge in [0.1, 0.15) is 0 Å². The van der Waals surface area contributed by atoms with Gasteiger partial charge in [-0.15, -0.1) is 11.8 Å². The fourth-order valence-electron chi connectivity index (χ4n) is 1.91. The summed E-state index contributed by atoms with van der Waals surface area (Å²) < 4.78 is 4.89. The van der Waals surface area contributed by atoms with Crippen LogP contribution >= 0.6 is 11.8 Å². The molecular formula is C15H19NO2S. The number of ether oxygens (including phenoxy) is 1. The zero-order chi connectivity index (χ0) is 13.5. The van der Waals surface area contributed by atoms with Gasteiger partial charge in [-0.25, -0.2) is 0 Å². The molecule has 102 valence electrons. The van der Waals surface area contributed by atoms with Gasteiger partial charge in [0.2, 0.25) is 0 Å². The minimum Gasteiger partial charge on any atom is -0.466 e. The quantitative estimate of drug-likeness (QED) is 0.472. The Morgan fingerprint density at radius 1 is 1.32 bits per heavy atom. The van der Waals surface area contributed by atoms with Crippen molar-refractivity contribution in [3.63, 3.8) is 0 Å². The van der Waals surface area contributed by atoms with Crippen LogP contribution in [-0.2, 0) is 9.53 Å². The molecule has 0 amide bonds. The van der Waals surface area contributed by atoms with Crippen molar-refractivity contribution in [2.75, 3.05) is 12.4 Å². The molecule has 19 heavy (non-hydrogen) atoms. The number of benzene rings is 1. The fraction of sp³-hybridized carbons (Fsp3) is 0.400. The maximum atomic E-state index is 11.2. The molecule has 4 heteroatoms. The van der Waals surface area contributed by atoms with E-state index >= 15 is 0 Å². The van der Waals surface area contributed by atoms with E-state index in [1.54, 1.807) is 11.8 Å². The zero-order valence-electron chi connectivity index (χ0n) is 11.1. The summed E-state index contributed by atoms with van der Waals surface area (Å²) >= 11 is 1.80. The second-order valence-electron chi connectivity index (χ2n) is 4.33. The third kappa shape index (κ3) is 4.31. The Hall–Kier alpha value is -1.42. The molecule has 2 aromatic rings. The van der Waals surface area contributed by atoms with Gasteiger partial charge in [-0.3, -0.25) is 4.79 Å². The molecule has 0 saturated carbocycles. The summed E-state index contributed by atoms with van der Waals surface area (Å²) in [5.41, 5.74) is 1.18. The van der Waals surface area contributed by atoms with Gasteiger partial charge >= 0.3 is 5.97 Å². The number of thioether (sulfide) groups is 1. The van der Waals surface area contributed by atoms with E-state index in [1.165, 1.54) is 15.9 Å². The molecule has 0 saturated heterocycles. The molecule has 0 atom stereocenters. The van der Waals surface area contributed by atoms with Gasteiger partial charge < -0.3 is 9.72 Å². The number of esters is 1. The minimum absolute atomic E-state index is 0.0851. The third-order valence-corrected chi connectivity index (χ3v) is 3.87. The Morgan fingerprint density at radius 3 is 2.95 bits per heavy atom. The number of para-hydroxylation sites is 1. The number of carbonyl (C=O) groups is 1. The molecule has 0 radical (unpaired) electrons. The molecule has 0 spiro atoms. The first-order chi connectivity index (χ1) is 9.29. The molecule has 1 aromatic carbocycles. The summed E-state index contributed by atoms with van der Waals surface area (Å²) in [7, 11) is 0. The van der Waals surface area contributed by atoms with E-state index in [0.717, 1.165) is 18.6 Å². The van der Waals surface area contributed by atoms with Crippen molar-refractivity contribution >= 4 is 28.6 Å². The van der Waals surface area contributed by atoms with Crippen LogP contribution in [0.15, 0.2) is 35.4 Å². The molecule has 0 aliphatic rings. The first-order valence-electron chi connectivity index (χ1n) is 6.66. The third-order valence-electron chi connectivity index (χ3n) is 2.84. The van der Waals surface area contributed by atoms with Crippen molar-refractivity contribution in [1.29, 1.82) is 0 Å². The molecule has 0 aliphatic carbocycles. The lowest BCUT2D eigenvalue weighted by Gasteiger charge is -2.01. The lowest BCUT2D eigenvalue weighted by molar-refractivity contribution is -0.143. The van der Waals surface area contributed by atoms with Crippen molar-refractivity contribution in [2.24, 2.45) is 0 Å². The Balaban J connectivity index is 1.69. The van der Waals surface area contributed by atoms with Crippen LogP contribution in [0.1, 0.15) is 26.2 Å². The highest BCUT2D eigenvalue weighted by Crippen LogP contribution is 2.23. The van der Waals surface area contributed by atoms with Crippen molar-refractivity contribution in [1.82, 2.24) is 4.98 Å². The molecule has 0 bridgehead atoms. The maximum Gasteiger partial charge on any atom is 0.305 e. The number of carbonyl (C=O) groups excluding carboxylic acids is 1. The summed E-state index contributed by atoms with van der Waals surface area (Å²) in [5, 5.41) is 2.44. The van der Waals surface area contributed by atoms with E-state index in [4.69, 9.17) is 4.74 Å². The van der Waals surface area contributed by atoms with Crippen molar-refractivity contribution < 1.29 is 9.53 Å². The van der Waals surface area contributed by atoms with Crippen LogP contribution in [0.3, 0.4) is 0 Å². The predicted molar refractivity (Wildman–Crippen MR) is 79.5 cm³/mol. The Labute approximate surface area is 117 Å². The highest BCUT2D eigenvalue weighted by molar-refractivity contribution is 7.99. The van der Waals surface area contributed by atoms with Gasteiger partial charge in [-0.1, -0.05) is 18.2 Å². The number of hydrogen-bond donors (Lipinski definition) is 1. The molecule has 2 rings (SSSR count). The van der Waals surface area contributed by atoms with E-state index in [0.29, 0.717) is 13.0 Å². The van der Waals surface area contributed by atoms with Gasteiger partial charge in [0, 0.05) is 17.3 Å². The van der Waals surface area contributed by atoms with E-state index in [-0.39, 0.29) is 5.97 Å². The van der Waals surface area contributed by atoms with Gasteiger partial charge in [-0.2, -0.15) is 0 Å². The van der Waals surface area contributed by atoms with Gasteiger partial charge in [0.25, 0.3) is 0 Å². The summed E-state index contributed by atoms with van der Waals surface area (Å²) in [6.45, 7) is 2.31. The normalized spacial score (nSPS) is 10.8. The summed E-state index contributed by atoms with van der Waals surface area (Å²) in [6, 6.07) is 10.4. The number of unbranched alkanes of at least 4 members (excludes halogenated alkanes) is 1. The van der Waals surface area contributed by atoms with Crippen LogP contribution in [0.5, 0.6) is 0 Å². The predicted octanol–water partition coefficient (Wildman–Crippen LogP) is 3.99. The number of rotatable bonds is 7. The lowest BCUT2D eigenvalue weighted by atomic mass is 10.2. The number of fused-ring (bicyclic) bond motifs is 1. The van der Waals surface area contributed by atoms with Crippen LogP contribution in [0, 0.1) is 0 Å². The van der Waals surface area contributed by atoms with Crippen molar-refractivity contribution in [2.45, 2.75) is 31.2 Å². The molecule has 0 unspecified atom stereocenters.